The maximum atomic E-state index is 11.8. The van der Waals surface area contributed by atoms with Gasteiger partial charge in [0.05, 0.1) is 6.54 Å². The standard InChI is InChI=1S/C8H12N6O3S/c15-6(16)5-13-1-3-14(4-2-13)8(17)9-7-10-11-12-18-7/h1-5H2,(H,15,16)(H,9,10,12,17). The van der Waals surface area contributed by atoms with Crippen molar-refractivity contribution in [2.24, 2.45) is 0 Å². The molecule has 2 amide bonds. The molecular weight excluding hydrogens is 260 g/mol. The average Bonchev–Trinajstić information content (AvgIpc) is 2.82. The molecule has 1 aromatic rings. The number of urea groups is 1. The first-order valence-electron chi connectivity index (χ1n) is 5.30. The second-order valence-corrected chi connectivity index (χ2v) is 4.49. The van der Waals surface area contributed by atoms with Crippen molar-refractivity contribution in [1.82, 2.24) is 24.6 Å². The number of anilines is 1. The summed E-state index contributed by atoms with van der Waals surface area (Å²) in [6, 6.07) is -0.261. The van der Waals surface area contributed by atoms with Crippen LogP contribution in [0.1, 0.15) is 0 Å². The summed E-state index contributed by atoms with van der Waals surface area (Å²) in [5.41, 5.74) is 0. The summed E-state index contributed by atoms with van der Waals surface area (Å²) in [7, 11) is 0. The number of piperazine rings is 1. The number of rotatable bonds is 3. The topological polar surface area (TPSA) is 112 Å². The monoisotopic (exact) mass is 272 g/mol. The van der Waals surface area contributed by atoms with Crippen LogP contribution in [0.2, 0.25) is 0 Å². The molecule has 98 valence electrons. The van der Waals surface area contributed by atoms with E-state index in [1.165, 1.54) is 0 Å². The van der Waals surface area contributed by atoms with E-state index in [2.05, 4.69) is 20.1 Å². The predicted octanol–water partition coefficient (Wildman–Crippen LogP) is -0.833. The van der Waals surface area contributed by atoms with Gasteiger partial charge in [-0.15, -0.1) is 0 Å². The van der Waals surface area contributed by atoms with E-state index in [-0.39, 0.29) is 12.6 Å². The van der Waals surface area contributed by atoms with E-state index >= 15 is 0 Å². The smallest absolute Gasteiger partial charge is 0.323 e. The van der Waals surface area contributed by atoms with Gasteiger partial charge in [-0.3, -0.25) is 15.0 Å². The summed E-state index contributed by atoms with van der Waals surface area (Å²) in [6.45, 7) is 2.09. The van der Waals surface area contributed by atoms with Crippen molar-refractivity contribution in [3.8, 4) is 0 Å². The number of carbonyl (C=O) groups excluding carboxylic acids is 1. The number of carbonyl (C=O) groups is 2. The van der Waals surface area contributed by atoms with Crippen LogP contribution in [0.25, 0.3) is 0 Å². The Morgan fingerprint density at radius 1 is 1.33 bits per heavy atom. The van der Waals surface area contributed by atoms with Crippen molar-refractivity contribution in [2.75, 3.05) is 38.0 Å². The zero-order valence-corrected chi connectivity index (χ0v) is 10.3. The summed E-state index contributed by atoms with van der Waals surface area (Å²) < 4.78 is 3.54. The first-order valence-corrected chi connectivity index (χ1v) is 6.07. The highest BCUT2D eigenvalue weighted by Gasteiger charge is 2.22. The Labute approximate surface area is 107 Å². The number of nitrogens with one attached hydrogen (secondary N) is 1. The SMILES string of the molecule is O=C(O)CN1CCN(C(=O)Nc2nnns2)CC1. The molecule has 0 saturated carbocycles. The number of hydrogen-bond donors (Lipinski definition) is 2. The molecule has 0 spiro atoms. The van der Waals surface area contributed by atoms with E-state index in [0.29, 0.717) is 31.3 Å². The number of aliphatic carboxylic acids is 1. The zero-order chi connectivity index (χ0) is 13.0. The molecule has 1 saturated heterocycles. The average molecular weight is 272 g/mol. The van der Waals surface area contributed by atoms with Gasteiger partial charge in [-0.1, -0.05) is 9.59 Å². The van der Waals surface area contributed by atoms with Crippen molar-refractivity contribution in [1.29, 1.82) is 0 Å². The molecule has 1 aliphatic rings. The molecule has 9 nitrogen and oxygen atoms in total. The third-order valence-electron chi connectivity index (χ3n) is 2.53. The summed E-state index contributed by atoms with van der Waals surface area (Å²) >= 11 is 1.01. The Bertz CT molecular complexity index is 416. The molecule has 2 heterocycles. The third kappa shape index (κ3) is 3.34. The van der Waals surface area contributed by atoms with Gasteiger partial charge >= 0.3 is 12.0 Å². The molecule has 10 heteroatoms. The van der Waals surface area contributed by atoms with Crippen LogP contribution in [0, 0.1) is 0 Å². The molecule has 2 rings (SSSR count). The summed E-state index contributed by atoms with van der Waals surface area (Å²) in [4.78, 5) is 25.7. The van der Waals surface area contributed by atoms with Crippen LogP contribution in [0.3, 0.4) is 0 Å². The second-order valence-electron chi connectivity index (χ2n) is 3.75. The van der Waals surface area contributed by atoms with Crippen LogP contribution >= 0.6 is 11.5 Å². The molecule has 0 aromatic carbocycles. The summed E-state index contributed by atoms with van der Waals surface area (Å²) in [5, 5.41) is 18.6. The van der Waals surface area contributed by atoms with Gasteiger partial charge in [-0.2, -0.15) is 0 Å². The predicted molar refractivity (Wildman–Crippen MR) is 62.4 cm³/mol. The number of aromatic nitrogens is 3. The summed E-state index contributed by atoms with van der Waals surface area (Å²) in [5.74, 6) is -0.854. The number of hydrogen-bond acceptors (Lipinski definition) is 7. The number of carboxylic acid groups (broad SMARTS) is 1. The Morgan fingerprint density at radius 3 is 2.61 bits per heavy atom. The molecule has 0 atom stereocenters. The van der Waals surface area contributed by atoms with E-state index < -0.39 is 5.97 Å². The second kappa shape index (κ2) is 5.69. The van der Waals surface area contributed by atoms with Crippen LogP contribution in [-0.2, 0) is 4.79 Å². The molecule has 0 bridgehead atoms. The van der Waals surface area contributed by atoms with Gasteiger partial charge in [-0.25, -0.2) is 4.79 Å². The van der Waals surface area contributed by atoms with Crippen molar-refractivity contribution < 1.29 is 14.7 Å². The van der Waals surface area contributed by atoms with Gasteiger partial charge in [0.15, 0.2) is 0 Å². The molecule has 18 heavy (non-hydrogen) atoms. The summed E-state index contributed by atoms with van der Waals surface area (Å²) in [6.07, 6.45) is 0. The molecule has 0 radical (unpaired) electrons. The zero-order valence-electron chi connectivity index (χ0n) is 9.44. The minimum Gasteiger partial charge on any atom is -0.480 e. The lowest BCUT2D eigenvalue weighted by molar-refractivity contribution is -0.138. The number of nitrogens with zero attached hydrogens (tertiary/aromatic N) is 5. The molecule has 1 aliphatic heterocycles. The van der Waals surface area contributed by atoms with Gasteiger partial charge in [0.2, 0.25) is 5.13 Å². The van der Waals surface area contributed by atoms with Gasteiger partial charge in [0.25, 0.3) is 0 Å². The van der Waals surface area contributed by atoms with Gasteiger partial charge in [0, 0.05) is 37.7 Å². The molecule has 0 unspecified atom stereocenters. The highest BCUT2D eigenvalue weighted by molar-refractivity contribution is 7.09. The Balaban J connectivity index is 1.79. The maximum Gasteiger partial charge on any atom is 0.323 e. The maximum absolute atomic E-state index is 11.8. The van der Waals surface area contributed by atoms with Crippen molar-refractivity contribution in [3.05, 3.63) is 0 Å². The molecular formula is C8H12N6O3S. The van der Waals surface area contributed by atoms with Crippen molar-refractivity contribution >= 4 is 28.7 Å². The van der Waals surface area contributed by atoms with E-state index in [0.717, 1.165) is 11.5 Å². The van der Waals surface area contributed by atoms with E-state index in [1.807, 2.05) is 0 Å². The van der Waals surface area contributed by atoms with Gasteiger partial charge in [0.1, 0.15) is 0 Å². The van der Waals surface area contributed by atoms with Crippen LogP contribution in [0.5, 0.6) is 0 Å². The van der Waals surface area contributed by atoms with Gasteiger partial charge < -0.3 is 10.0 Å². The minimum absolute atomic E-state index is 0.00970. The minimum atomic E-state index is -0.854. The first kappa shape index (κ1) is 12.6. The third-order valence-corrected chi connectivity index (χ3v) is 3.04. The Hall–Kier alpha value is -1.81. The van der Waals surface area contributed by atoms with Crippen LogP contribution in [0.15, 0.2) is 0 Å². The first-order chi connectivity index (χ1) is 8.65. The van der Waals surface area contributed by atoms with Crippen LogP contribution in [-0.4, -0.2) is 74.4 Å². The largest absolute Gasteiger partial charge is 0.480 e. The Kier molecular flexibility index (Phi) is 3.99. The van der Waals surface area contributed by atoms with E-state index in [9.17, 15) is 9.59 Å². The lowest BCUT2D eigenvalue weighted by atomic mass is 10.3. The quantitative estimate of drug-likeness (QED) is 0.738. The fraction of sp³-hybridized carbons (Fsp3) is 0.625. The van der Waals surface area contributed by atoms with Crippen LogP contribution < -0.4 is 5.32 Å². The highest BCUT2D eigenvalue weighted by Crippen LogP contribution is 2.08. The normalized spacial score (nSPS) is 16.6. The van der Waals surface area contributed by atoms with Crippen molar-refractivity contribution in [3.63, 3.8) is 0 Å². The number of amides is 2. The lowest BCUT2D eigenvalue weighted by Crippen LogP contribution is -2.51. The van der Waals surface area contributed by atoms with Crippen molar-refractivity contribution in [2.45, 2.75) is 0 Å². The molecule has 1 aromatic heterocycles. The fourth-order valence-electron chi connectivity index (χ4n) is 1.65. The molecule has 1 fully saturated rings. The fourth-order valence-corrected chi connectivity index (χ4v) is 2.01. The van der Waals surface area contributed by atoms with E-state index in [4.69, 9.17) is 5.11 Å². The Morgan fingerprint density at radius 2 is 2.06 bits per heavy atom. The number of carboxylic acids is 1. The molecule has 2 N–H and O–H groups in total. The van der Waals surface area contributed by atoms with Crippen LogP contribution in [0.4, 0.5) is 9.93 Å². The van der Waals surface area contributed by atoms with Gasteiger partial charge in [-0.05, 0) is 5.21 Å². The highest BCUT2D eigenvalue weighted by atomic mass is 32.1. The van der Waals surface area contributed by atoms with E-state index in [1.54, 1.807) is 9.80 Å². The molecule has 0 aliphatic carbocycles. The lowest BCUT2D eigenvalue weighted by Gasteiger charge is -2.33.